The molecule has 24 heavy (non-hydrogen) atoms. The molecule has 0 radical (unpaired) electrons. The zero-order valence-corrected chi connectivity index (χ0v) is 13.5. The molecule has 4 rings (SSSR count). The van der Waals surface area contributed by atoms with Crippen molar-refractivity contribution in [2.45, 2.75) is 38.5 Å². The maximum Gasteiger partial charge on any atom is 0.248 e. The summed E-state index contributed by atoms with van der Waals surface area (Å²) >= 11 is 0. The fraction of sp³-hybridized carbons (Fsp3) is 0.421. The highest BCUT2D eigenvalue weighted by molar-refractivity contribution is 5.99. The topological polar surface area (TPSA) is 86.2 Å². The average Bonchev–Trinajstić information content (AvgIpc) is 3.27. The largest absolute Gasteiger partial charge is 0.366 e. The Hall–Kier alpha value is -2.43. The van der Waals surface area contributed by atoms with Crippen LogP contribution >= 0.6 is 0 Å². The van der Waals surface area contributed by atoms with E-state index < -0.39 is 5.91 Å². The molecule has 1 unspecified atom stereocenters. The molecule has 1 atom stereocenters. The van der Waals surface area contributed by atoms with Crippen molar-refractivity contribution < 1.29 is 14.1 Å². The van der Waals surface area contributed by atoms with Crippen molar-refractivity contribution in [1.82, 2.24) is 5.16 Å². The molecule has 0 aliphatic heterocycles. The Morgan fingerprint density at radius 1 is 1.17 bits per heavy atom. The number of aromatic nitrogens is 1. The number of carbonyl (C=O) groups is 2. The first-order valence-corrected chi connectivity index (χ1v) is 8.49. The van der Waals surface area contributed by atoms with Crippen LogP contribution in [0, 0.1) is 11.8 Å². The number of rotatable bonds is 5. The number of hydrogen-bond donors (Lipinski definition) is 1. The lowest BCUT2D eigenvalue weighted by Gasteiger charge is -2.19. The van der Waals surface area contributed by atoms with Crippen molar-refractivity contribution in [2.24, 2.45) is 17.6 Å². The molecule has 2 aromatic rings. The molecule has 2 aliphatic rings. The number of ketones is 1. The fourth-order valence-electron chi connectivity index (χ4n) is 3.61. The number of fused-ring (bicyclic) bond motifs is 1. The van der Waals surface area contributed by atoms with Crippen molar-refractivity contribution in [1.29, 1.82) is 0 Å². The second-order valence-corrected chi connectivity index (χ2v) is 7.04. The van der Waals surface area contributed by atoms with Crippen LogP contribution in [0.25, 0.3) is 0 Å². The van der Waals surface area contributed by atoms with Gasteiger partial charge in [-0.3, -0.25) is 9.59 Å². The molecule has 0 spiro atoms. The Kier molecular flexibility index (Phi) is 3.71. The molecule has 2 N–H and O–H groups in total. The molecule has 1 saturated carbocycles. The molecule has 124 valence electrons. The minimum atomic E-state index is -0.449. The quantitative estimate of drug-likeness (QED) is 0.916. The highest BCUT2D eigenvalue weighted by atomic mass is 16.5. The van der Waals surface area contributed by atoms with E-state index in [2.05, 4.69) is 5.16 Å². The lowest BCUT2D eigenvalue weighted by atomic mass is 9.82. The molecular weight excluding hydrogens is 304 g/mol. The molecule has 2 aliphatic carbocycles. The third kappa shape index (κ3) is 2.98. The van der Waals surface area contributed by atoms with Crippen LogP contribution in [0.4, 0.5) is 0 Å². The normalized spacial score (nSPS) is 20.0. The van der Waals surface area contributed by atoms with E-state index in [0.29, 0.717) is 35.6 Å². The van der Waals surface area contributed by atoms with Gasteiger partial charge in [-0.25, -0.2) is 0 Å². The Morgan fingerprint density at radius 3 is 2.58 bits per heavy atom. The van der Waals surface area contributed by atoms with E-state index >= 15 is 0 Å². The maximum absolute atomic E-state index is 12.6. The molecule has 1 amide bonds. The zero-order valence-electron chi connectivity index (χ0n) is 13.5. The SMILES string of the molecule is NC(=O)c1ccc(Cc2onc3c2C(=O)CC(CC2CC2)C3)cc1. The standard InChI is InChI=1S/C19H20N2O3/c20-19(23)14-5-3-12(4-6-14)10-17-18-15(21-24-17)8-13(9-16(18)22)7-11-1-2-11/h3-6,11,13H,1-2,7-10H2,(H2,20,23). The minimum Gasteiger partial charge on any atom is -0.366 e. The van der Waals surface area contributed by atoms with Gasteiger partial charge in [0.2, 0.25) is 5.91 Å². The molecule has 5 nitrogen and oxygen atoms in total. The zero-order chi connectivity index (χ0) is 16.7. The molecule has 1 aromatic heterocycles. The lowest BCUT2D eigenvalue weighted by Crippen LogP contribution is -2.21. The number of Topliss-reactive ketones (excluding diaryl/α,β-unsaturated/α-hetero) is 1. The van der Waals surface area contributed by atoms with Gasteiger partial charge in [0.15, 0.2) is 11.5 Å². The molecule has 5 heteroatoms. The van der Waals surface area contributed by atoms with Crippen LogP contribution in [0.2, 0.25) is 0 Å². The summed E-state index contributed by atoms with van der Waals surface area (Å²) in [7, 11) is 0. The van der Waals surface area contributed by atoms with E-state index in [1.54, 1.807) is 12.1 Å². The van der Waals surface area contributed by atoms with Gasteiger partial charge < -0.3 is 10.3 Å². The predicted octanol–water partition coefficient (Wildman–Crippen LogP) is 2.91. The molecule has 1 heterocycles. The van der Waals surface area contributed by atoms with Crippen LogP contribution in [0.1, 0.15) is 63.4 Å². The van der Waals surface area contributed by atoms with Gasteiger partial charge >= 0.3 is 0 Å². The van der Waals surface area contributed by atoms with Gasteiger partial charge in [0.25, 0.3) is 0 Å². The summed E-state index contributed by atoms with van der Waals surface area (Å²) in [5.41, 5.74) is 8.18. The molecule has 1 aromatic carbocycles. The molecule has 0 saturated heterocycles. The predicted molar refractivity (Wildman–Crippen MR) is 87.8 cm³/mol. The summed E-state index contributed by atoms with van der Waals surface area (Å²) in [6, 6.07) is 7.04. The number of amides is 1. The maximum atomic E-state index is 12.6. The van der Waals surface area contributed by atoms with E-state index in [0.717, 1.165) is 30.0 Å². The Bertz CT molecular complexity index is 787. The number of benzene rings is 1. The van der Waals surface area contributed by atoms with Gasteiger partial charge in [-0.05, 0) is 42.4 Å². The molecule has 1 fully saturated rings. The van der Waals surface area contributed by atoms with E-state index in [4.69, 9.17) is 10.3 Å². The van der Waals surface area contributed by atoms with E-state index in [-0.39, 0.29) is 5.78 Å². The van der Waals surface area contributed by atoms with Crippen molar-refractivity contribution in [2.75, 3.05) is 0 Å². The van der Waals surface area contributed by atoms with Gasteiger partial charge in [-0.2, -0.15) is 0 Å². The third-order valence-corrected chi connectivity index (χ3v) is 5.04. The van der Waals surface area contributed by atoms with Crippen LogP contribution in [-0.4, -0.2) is 16.8 Å². The van der Waals surface area contributed by atoms with Crippen LogP contribution in [-0.2, 0) is 12.8 Å². The van der Waals surface area contributed by atoms with Crippen LogP contribution in [0.3, 0.4) is 0 Å². The Labute approximate surface area is 140 Å². The molecular formula is C19H20N2O3. The van der Waals surface area contributed by atoms with Gasteiger partial charge in [-0.15, -0.1) is 0 Å². The monoisotopic (exact) mass is 324 g/mol. The third-order valence-electron chi connectivity index (χ3n) is 5.04. The van der Waals surface area contributed by atoms with Gasteiger partial charge in [0.1, 0.15) is 0 Å². The first kappa shape index (κ1) is 15.1. The van der Waals surface area contributed by atoms with Gasteiger partial charge in [0, 0.05) is 18.4 Å². The van der Waals surface area contributed by atoms with Crippen LogP contribution in [0.15, 0.2) is 28.8 Å². The summed E-state index contributed by atoms with van der Waals surface area (Å²) in [4.78, 5) is 23.7. The summed E-state index contributed by atoms with van der Waals surface area (Å²) in [5.74, 6) is 1.58. The van der Waals surface area contributed by atoms with Crippen molar-refractivity contribution in [3.05, 3.63) is 52.4 Å². The summed E-state index contributed by atoms with van der Waals surface area (Å²) in [6.07, 6.45) is 5.72. The van der Waals surface area contributed by atoms with E-state index in [1.807, 2.05) is 12.1 Å². The van der Waals surface area contributed by atoms with Crippen LogP contribution in [0.5, 0.6) is 0 Å². The second kappa shape index (κ2) is 5.89. The Balaban J connectivity index is 1.52. The summed E-state index contributed by atoms with van der Waals surface area (Å²) < 4.78 is 5.48. The van der Waals surface area contributed by atoms with E-state index in [1.165, 1.54) is 12.8 Å². The lowest BCUT2D eigenvalue weighted by molar-refractivity contribution is 0.0942. The number of nitrogens with zero attached hydrogens (tertiary/aromatic N) is 1. The number of nitrogens with two attached hydrogens (primary N) is 1. The van der Waals surface area contributed by atoms with Crippen molar-refractivity contribution >= 4 is 11.7 Å². The highest BCUT2D eigenvalue weighted by Gasteiger charge is 2.34. The van der Waals surface area contributed by atoms with E-state index in [9.17, 15) is 9.59 Å². The van der Waals surface area contributed by atoms with Gasteiger partial charge in [-0.1, -0.05) is 30.1 Å². The summed E-state index contributed by atoms with van der Waals surface area (Å²) in [6.45, 7) is 0. The van der Waals surface area contributed by atoms with Crippen LogP contribution < -0.4 is 5.73 Å². The Morgan fingerprint density at radius 2 is 1.92 bits per heavy atom. The first-order valence-electron chi connectivity index (χ1n) is 8.49. The van der Waals surface area contributed by atoms with Crippen molar-refractivity contribution in [3.8, 4) is 0 Å². The number of primary amides is 1. The van der Waals surface area contributed by atoms with Gasteiger partial charge in [0.05, 0.1) is 11.3 Å². The highest BCUT2D eigenvalue weighted by Crippen LogP contribution is 2.40. The molecule has 0 bridgehead atoms. The van der Waals surface area contributed by atoms with Crippen molar-refractivity contribution in [3.63, 3.8) is 0 Å². The number of carbonyl (C=O) groups excluding carboxylic acids is 2. The number of hydrogen-bond acceptors (Lipinski definition) is 4. The minimum absolute atomic E-state index is 0.159. The first-order chi connectivity index (χ1) is 11.6. The fourth-order valence-corrected chi connectivity index (χ4v) is 3.61. The second-order valence-electron chi connectivity index (χ2n) is 7.04. The smallest absolute Gasteiger partial charge is 0.248 e. The average molecular weight is 324 g/mol. The summed E-state index contributed by atoms with van der Waals surface area (Å²) in [5, 5.41) is 4.16.